The van der Waals surface area contributed by atoms with Crippen molar-refractivity contribution >= 4 is 79.4 Å². The molecule has 1 fully saturated rings. The second-order valence-corrected chi connectivity index (χ2v) is 12.2. The van der Waals surface area contributed by atoms with Crippen LogP contribution in [0.15, 0.2) is 34.8 Å². The average Bonchev–Trinajstić information content (AvgIpc) is 3.43. The number of nitro groups is 1. The van der Waals surface area contributed by atoms with Gasteiger partial charge in [-0.15, -0.1) is 22.9 Å². The Morgan fingerprint density at radius 2 is 1.89 bits per heavy atom. The number of halogens is 1. The van der Waals surface area contributed by atoms with E-state index in [1.165, 1.54) is 43.5 Å². The molecule has 1 saturated heterocycles. The SMILES string of the molecule is CC(=O)NCC1C(NC(=O)C(=NOC(C)(C)C(=O)OCc2ccc([N+](=O)[O-])cc2)c2csc(NC(=O)CCl)n2)C(=O)N1S(=O)(=O)O. The molecule has 0 spiro atoms. The highest BCUT2D eigenvalue weighted by Gasteiger charge is 2.54. The Hall–Kier alpha value is -4.73. The smallest absolute Gasteiger partial charge is 0.362 e. The number of nitro benzene ring substituents is 1. The number of rotatable bonds is 14. The van der Waals surface area contributed by atoms with Gasteiger partial charge in [0.2, 0.25) is 17.4 Å². The summed E-state index contributed by atoms with van der Waals surface area (Å²) in [4.78, 5) is 81.5. The van der Waals surface area contributed by atoms with Crippen LogP contribution in [0.1, 0.15) is 32.0 Å². The number of aromatic nitrogens is 1. The lowest BCUT2D eigenvalue weighted by molar-refractivity contribution is -0.384. The molecule has 0 bridgehead atoms. The molecule has 4 N–H and O–H groups in total. The first kappa shape index (κ1) is 35.7. The van der Waals surface area contributed by atoms with Crippen LogP contribution in [0.2, 0.25) is 0 Å². The van der Waals surface area contributed by atoms with Gasteiger partial charge in [0.15, 0.2) is 10.8 Å². The van der Waals surface area contributed by atoms with Crippen molar-refractivity contribution in [3.05, 3.63) is 51.0 Å². The maximum Gasteiger partial charge on any atom is 0.362 e. The number of hydrogen-bond acceptors (Lipinski definition) is 14. The fraction of sp³-hybridized carbons (Fsp3) is 0.375. The zero-order valence-corrected chi connectivity index (χ0v) is 26.5. The van der Waals surface area contributed by atoms with E-state index in [2.05, 4.69) is 26.1 Å². The Morgan fingerprint density at radius 1 is 1.24 bits per heavy atom. The van der Waals surface area contributed by atoms with Crippen LogP contribution < -0.4 is 16.0 Å². The summed E-state index contributed by atoms with van der Waals surface area (Å²) >= 11 is 6.35. The van der Waals surface area contributed by atoms with Gasteiger partial charge in [0.05, 0.1) is 11.0 Å². The van der Waals surface area contributed by atoms with E-state index in [0.717, 1.165) is 18.3 Å². The molecule has 1 aliphatic rings. The standard InChI is InChI=1S/C24H26ClN7O12S2/c1-12(33)26-9-16-19(21(36)31(16)46(40,41)42)29-20(35)18(15-11-45-23(27-15)28-17(34)8-25)30-44-24(2,3)22(37)43-10-13-4-6-14(7-5-13)32(38)39/h4-7,11,16,19H,8-10H2,1-3H3,(H,26,33)(H,29,35)(H,27,28,34)(H,40,41,42). The number of nitrogens with zero attached hydrogens (tertiary/aromatic N) is 4. The van der Waals surface area contributed by atoms with Crippen LogP contribution in [-0.2, 0) is 50.5 Å². The van der Waals surface area contributed by atoms with E-state index in [1.54, 1.807) is 0 Å². The van der Waals surface area contributed by atoms with Crippen molar-refractivity contribution in [1.82, 2.24) is 19.9 Å². The van der Waals surface area contributed by atoms with Crippen molar-refractivity contribution in [3.8, 4) is 0 Å². The van der Waals surface area contributed by atoms with E-state index in [-0.39, 0.29) is 27.4 Å². The van der Waals surface area contributed by atoms with Crippen LogP contribution in [0.3, 0.4) is 0 Å². The molecule has 22 heteroatoms. The van der Waals surface area contributed by atoms with E-state index in [4.69, 9.17) is 21.2 Å². The number of amides is 4. The number of esters is 1. The van der Waals surface area contributed by atoms with Gasteiger partial charge >= 0.3 is 16.3 Å². The van der Waals surface area contributed by atoms with E-state index in [1.807, 2.05) is 0 Å². The Balaban J connectivity index is 1.84. The minimum Gasteiger partial charge on any atom is -0.458 e. The number of β-lactam (4-membered cyclic amide) rings is 1. The van der Waals surface area contributed by atoms with E-state index >= 15 is 0 Å². The number of alkyl halides is 1. The molecule has 2 heterocycles. The molecule has 2 aromatic rings. The number of benzene rings is 1. The monoisotopic (exact) mass is 703 g/mol. The third-order valence-electron chi connectivity index (χ3n) is 5.97. The number of non-ortho nitro benzene ring substituents is 1. The quantitative estimate of drug-likeness (QED) is 0.0387. The molecule has 2 unspecified atom stereocenters. The summed E-state index contributed by atoms with van der Waals surface area (Å²) in [5.41, 5.74) is -2.43. The molecule has 1 aromatic heterocycles. The van der Waals surface area contributed by atoms with Crippen LogP contribution in [0.25, 0.3) is 0 Å². The van der Waals surface area contributed by atoms with Gasteiger partial charge in [0.1, 0.15) is 24.2 Å². The lowest BCUT2D eigenvalue weighted by atomic mass is 9.98. The number of hydrogen-bond donors (Lipinski definition) is 4. The van der Waals surface area contributed by atoms with Crippen molar-refractivity contribution in [2.45, 2.75) is 45.1 Å². The Kier molecular flexibility index (Phi) is 11.3. The van der Waals surface area contributed by atoms with Crippen LogP contribution in [-0.4, -0.2) is 92.6 Å². The van der Waals surface area contributed by atoms with E-state index in [0.29, 0.717) is 5.56 Å². The number of ether oxygens (including phenoxy) is 1. The number of oxime groups is 1. The molecule has 1 aromatic carbocycles. The lowest BCUT2D eigenvalue weighted by Crippen LogP contribution is -2.74. The zero-order valence-electron chi connectivity index (χ0n) is 24.1. The Morgan fingerprint density at radius 3 is 2.46 bits per heavy atom. The van der Waals surface area contributed by atoms with Crippen LogP contribution >= 0.6 is 22.9 Å². The molecule has 248 valence electrons. The topological polar surface area (TPSA) is 266 Å². The summed E-state index contributed by atoms with van der Waals surface area (Å²) in [5.74, 6) is -4.96. The zero-order chi connectivity index (χ0) is 34.4. The van der Waals surface area contributed by atoms with Crippen molar-refractivity contribution in [2.24, 2.45) is 5.16 Å². The Bertz CT molecular complexity index is 1680. The summed E-state index contributed by atoms with van der Waals surface area (Å²) in [6, 6.07) is 2.22. The lowest BCUT2D eigenvalue weighted by Gasteiger charge is -2.44. The first-order valence-corrected chi connectivity index (χ1v) is 15.6. The number of carbonyl (C=O) groups is 5. The van der Waals surface area contributed by atoms with Gasteiger partial charge in [0, 0.05) is 31.0 Å². The second-order valence-electron chi connectivity index (χ2n) is 9.83. The van der Waals surface area contributed by atoms with Crippen LogP contribution in [0.5, 0.6) is 0 Å². The Labute approximate surface area is 269 Å². The largest absolute Gasteiger partial charge is 0.458 e. The van der Waals surface area contributed by atoms with Gasteiger partial charge in [-0.1, -0.05) is 5.16 Å². The summed E-state index contributed by atoms with van der Waals surface area (Å²) in [7, 11) is -5.05. The molecule has 19 nitrogen and oxygen atoms in total. The molecule has 46 heavy (non-hydrogen) atoms. The van der Waals surface area contributed by atoms with Crippen LogP contribution in [0.4, 0.5) is 10.8 Å². The van der Waals surface area contributed by atoms with Crippen molar-refractivity contribution in [1.29, 1.82) is 0 Å². The van der Waals surface area contributed by atoms with Gasteiger partial charge in [-0.2, -0.15) is 8.42 Å². The molecule has 1 aliphatic heterocycles. The van der Waals surface area contributed by atoms with Crippen molar-refractivity contribution in [2.75, 3.05) is 17.7 Å². The normalized spacial score (nSPS) is 16.6. The number of anilines is 1. The first-order chi connectivity index (χ1) is 21.4. The molecule has 4 amide bonds. The van der Waals surface area contributed by atoms with Gasteiger partial charge in [-0.3, -0.25) is 33.8 Å². The number of thiazole rings is 1. The molecule has 0 radical (unpaired) electrons. The van der Waals surface area contributed by atoms with Gasteiger partial charge < -0.3 is 25.5 Å². The third-order valence-corrected chi connectivity index (χ3v) is 7.92. The molecular weight excluding hydrogens is 678 g/mol. The summed E-state index contributed by atoms with van der Waals surface area (Å²) in [5, 5.41) is 22.8. The van der Waals surface area contributed by atoms with E-state index < -0.39 is 80.6 Å². The average molecular weight is 704 g/mol. The molecular formula is C24H26ClN7O12S2. The van der Waals surface area contributed by atoms with E-state index in [9.17, 15) is 47.1 Å². The highest BCUT2D eigenvalue weighted by Crippen LogP contribution is 2.24. The number of nitrogens with one attached hydrogen (secondary N) is 3. The molecule has 3 rings (SSSR count). The molecule has 0 saturated carbocycles. The molecule has 0 aliphatic carbocycles. The first-order valence-electron chi connectivity index (χ1n) is 12.8. The fourth-order valence-electron chi connectivity index (χ4n) is 3.65. The summed E-state index contributed by atoms with van der Waals surface area (Å²) in [6.07, 6.45) is 0. The fourth-order valence-corrected chi connectivity index (χ4v) is 5.31. The molecule has 2 atom stereocenters. The van der Waals surface area contributed by atoms with Crippen molar-refractivity contribution in [3.63, 3.8) is 0 Å². The van der Waals surface area contributed by atoms with Crippen molar-refractivity contribution < 1.29 is 51.4 Å². The number of carbonyl (C=O) groups excluding carboxylic acids is 5. The summed E-state index contributed by atoms with van der Waals surface area (Å²) < 4.78 is 38.2. The predicted octanol–water partition coefficient (Wildman–Crippen LogP) is 0.106. The van der Waals surface area contributed by atoms with Gasteiger partial charge in [0.25, 0.3) is 17.5 Å². The highest BCUT2D eigenvalue weighted by atomic mass is 35.5. The van der Waals surface area contributed by atoms with Crippen LogP contribution in [0, 0.1) is 10.1 Å². The predicted molar refractivity (Wildman–Crippen MR) is 159 cm³/mol. The minimum atomic E-state index is -5.05. The maximum atomic E-state index is 13.4. The minimum absolute atomic E-state index is 0.0104. The maximum absolute atomic E-state index is 13.4. The second kappa shape index (κ2) is 14.6. The third kappa shape index (κ3) is 8.93. The van der Waals surface area contributed by atoms with Gasteiger partial charge in [-0.25, -0.2) is 14.1 Å². The highest BCUT2D eigenvalue weighted by molar-refractivity contribution is 7.84. The summed E-state index contributed by atoms with van der Waals surface area (Å²) in [6.45, 7) is 2.86. The van der Waals surface area contributed by atoms with Gasteiger partial charge in [-0.05, 0) is 31.5 Å².